The summed E-state index contributed by atoms with van der Waals surface area (Å²) in [6, 6.07) is 5.21. The summed E-state index contributed by atoms with van der Waals surface area (Å²) in [6.07, 6.45) is 0. The number of hydrogen-bond acceptors (Lipinski definition) is 4. The fourth-order valence-electron chi connectivity index (χ4n) is 1.13. The van der Waals surface area contributed by atoms with Crippen LogP contribution >= 0.6 is 54.5 Å². The highest BCUT2D eigenvalue weighted by molar-refractivity contribution is 9.11. The highest BCUT2D eigenvalue weighted by Gasteiger charge is 2.16. The molecular formula is C9H7Br2NO2S3. The first kappa shape index (κ1) is 13.7. The van der Waals surface area contributed by atoms with E-state index >= 15 is 0 Å². The summed E-state index contributed by atoms with van der Waals surface area (Å²) in [5, 5.41) is 1.91. The van der Waals surface area contributed by atoms with E-state index in [1.54, 1.807) is 12.1 Å². The van der Waals surface area contributed by atoms with Crippen molar-refractivity contribution < 1.29 is 8.42 Å². The van der Waals surface area contributed by atoms with E-state index in [1.165, 1.54) is 22.7 Å². The van der Waals surface area contributed by atoms with Gasteiger partial charge in [-0.3, -0.25) is 0 Å². The van der Waals surface area contributed by atoms with Crippen LogP contribution in [0.25, 0.3) is 0 Å². The molecule has 0 bridgehead atoms. The smallest absolute Gasteiger partial charge is 0.206 e. The summed E-state index contributed by atoms with van der Waals surface area (Å²) < 4.78 is 28.5. The lowest BCUT2D eigenvalue weighted by molar-refractivity contribution is 0.583. The minimum atomic E-state index is -3.40. The molecule has 0 spiro atoms. The second-order valence-electron chi connectivity index (χ2n) is 3.14. The lowest BCUT2D eigenvalue weighted by Gasteiger charge is -2.02. The van der Waals surface area contributed by atoms with Gasteiger partial charge in [0, 0.05) is 6.54 Å². The van der Waals surface area contributed by atoms with Crippen molar-refractivity contribution in [2.24, 2.45) is 0 Å². The van der Waals surface area contributed by atoms with Crippen molar-refractivity contribution in [3.63, 3.8) is 0 Å². The number of thiophene rings is 2. The Labute approximate surface area is 124 Å². The maximum Gasteiger partial charge on any atom is 0.250 e. The summed E-state index contributed by atoms with van der Waals surface area (Å²) >= 11 is 9.31. The zero-order valence-electron chi connectivity index (χ0n) is 8.31. The zero-order chi connectivity index (χ0) is 12.5. The van der Waals surface area contributed by atoms with Gasteiger partial charge in [-0.2, -0.15) is 0 Å². The molecule has 0 aliphatic rings. The second-order valence-corrected chi connectivity index (χ2v) is 9.89. The highest BCUT2D eigenvalue weighted by Crippen LogP contribution is 2.26. The third kappa shape index (κ3) is 3.62. The number of nitrogens with one attached hydrogen (secondary N) is 1. The molecule has 0 atom stereocenters. The maximum atomic E-state index is 11.9. The molecule has 0 radical (unpaired) electrons. The quantitative estimate of drug-likeness (QED) is 0.823. The Morgan fingerprint density at radius 3 is 2.53 bits per heavy atom. The van der Waals surface area contributed by atoms with Crippen molar-refractivity contribution in [3.8, 4) is 0 Å². The Morgan fingerprint density at radius 2 is 2.00 bits per heavy atom. The standard InChI is InChI=1S/C9H7Br2NO2S3/c10-7-1-2-9(16-7)17(13,14)12-4-6-3-8(11)15-5-6/h1-3,5,12H,4H2. The van der Waals surface area contributed by atoms with Gasteiger partial charge in [0.05, 0.1) is 7.57 Å². The highest BCUT2D eigenvalue weighted by atomic mass is 79.9. The fraction of sp³-hybridized carbons (Fsp3) is 0.111. The predicted molar refractivity (Wildman–Crippen MR) is 78.1 cm³/mol. The molecule has 2 heterocycles. The normalized spacial score (nSPS) is 11.9. The third-order valence-corrected chi connectivity index (χ3v) is 6.97. The minimum Gasteiger partial charge on any atom is -0.206 e. The largest absolute Gasteiger partial charge is 0.250 e. The Bertz CT molecular complexity index is 618. The molecule has 0 aromatic carbocycles. The fourth-order valence-corrected chi connectivity index (χ4v) is 5.41. The van der Waals surface area contributed by atoms with Crippen molar-refractivity contribution in [2.75, 3.05) is 0 Å². The molecule has 0 aliphatic carbocycles. The van der Waals surface area contributed by atoms with Crippen LogP contribution in [-0.2, 0) is 16.6 Å². The van der Waals surface area contributed by atoms with Crippen LogP contribution in [0.5, 0.6) is 0 Å². The zero-order valence-corrected chi connectivity index (χ0v) is 13.9. The molecule has 8 heteroatoms. The Hall–Kier alpha value is 0.270. The van der Waals surface area contributed by atoms with E-state index in [1.807, 2.05) is 11.4 Å². The van der Waals surface area contributed by atoms with Crippen LogP contribution in [-0.4, -0.2) is 8.42 Å². The number of sulfonamides is 1. The SMILES string of the molecule is O=S(=O)(NCc1csc(Br)c1)c1ccc(Br)s1. The summed E-state index contributed by atoms with van der Waals surface area (Å²) in [4.78, 5) is 0. The van der Waals surface area contributed by atoms with Crippen LogP contribution in [0.2, 0.25) is 0 Å². The molecule has 0 saturated heterocycles. The van der Waals surface area contributed by atoms with Crippen LogP contribution in [0, 0.1) is 0 Å². The molecular weight excluding hydrogens is 410 g/mol. The number of hydrogen-bond donors (Lipinski definition) is 1. The van der Waals surface area contributed by atoms with E-state index in [0.29, 0.717) is 10.8 Å². The molecule has 0 amide bonds. The third-order valence-electron chi connectivity index (χ3n) is 1.90. The van der Waals surface area contributed by atoms with Gasteiger partial charge in [0.2, 0.25) is 10.0 Å². The summed E-state index contributed by atoms with van der Waals surface area (Å²) in [6.45, 7) is 0.306. The van der Waals surface area contributed by atoms with Gasteiger partial charge in [-0.05, 0) is 61.0 Å². The molecule has 0 saturated carbocycles. The number of rotatable bonds is 4. The molecule has 0 fully saturated rings. The lowest BCUT2D eigenvalue weighted by atomic mass is 10.4. The molecule has 0 aliphatic heterocycles. The molecule has 2 aromatic rings. The number of halogens is 2. The average Bonchev–Trinajstić information content (AvgIpc) is 2.85. The van der Waals surface area contributed by atoms with E-state index < -0.39 is 10.0 Å². The Morgan fingerprint density at radius 1 is 1.24 bits per heavy atom. The average molecular weight is 417 g/mol. The lowest BCUT2D eigenvalue weighted by Crippen LogP contribution is -2.22. The van der Waals surface area contributed by atoms with Gasteiger partial charge in [-0.15, -0.1) is 22.7 Å². The van der Waals surface area contributed by atoms with Gasteiger partial charge in [-0.1, -0.05) is 0 Å². The van der Waals surface area contributed by atoms with Gasteiger partial charge in [0.1, 0.15) is 4.21 Å². The molecule has 3 nitrogen and oxygen atoms in total. The Kier molecular flexibility index (Phi) is 4.43. The molecule has 1 N–H and O–H groups in total. The van der Waals surface area contributed by atoms with E-state index in [9.17, 15) is 8.42 Å². The summed E-state index contributed by atoms with van der Waals surface area (Å²) in [7, 11) is -3.40. The topological polar surface area (TPSA) is 46.2 Å². The van der Waals surface area contributed by atoms with Crippen molar-refractivity contribution in [3.05, 3.63) is 36.7 Å². The van der Waals surface area contributed by atoms with Gasteiger partial charge in [-0.25, -0.2) is 13.1 Å². The van der Waals surface area contributed by atoms with Crippen LogP contribution in [0.15, 0.2) is 35.4 Å². The van der Waals surface area contributed by atoms with Gasteiger partial charge < -0.3 is 0 Å². The van der Waals surface area contributed by atoms with E-state index in [-0.39, 0.29) is 0 Å². The maximum absolute atomic E-state index is 11.9. The van der Waals surface area contributed by atoms with Crippen LogP contribution in [0.1, 0.15) is 5.56 Å². The monoisotopic (exact) mass is 415 g/mol. The van der Waals surface area contributed by atoms with Crippen LogP contribution in [0.3, 0.4) is 0 Å². The molecule has 92 valence electrons. The molecule has 2 rings (SSSR count). The summed E-state index contributed by atoms with van der Waals surface area (Å²) in [5.74, 6) is 0. The summed E-state index contributed by atoms with van der Waals surface area (Å²) in [5.41, 5.74) is 0.945. The minimum absolute atomic E-state index is 0.306. The molecule has 2 aromatic heterocycles. The van der Waals surface area contributed by atoms with Gasteiger partial charge in [0.25, 0.3) is 0 Å². The van der Waals surface area contributed by atoms with E-state index in [0.717, 1.165) is 13.1 Å². The van der Waals surface area contributed by atoms with Gasteiger partial charge in [0.15, 0.2) is 0 Å². The van der Waals surface area contributed by atoms with E-state index in [4.69, 9.17) is 0 Å². The Balaban J connectivity index is 2.08. The van der Waals surface area contributed by atoms with Crippen LogP contribution < -0.4 is 4.72 Å². The van der Waals surface area contributed by atoms with E-state index in [2.05, 4.69) is 36.6 Å². The first-order chi connectivity index (χ1) is 7.97. The van der Waals surface area contributed by atoms with Crippen LogP contribution in [0.4, 0.5) is 0 Å². The second kappa shape index (κ2) is 5.50. The first-order valence-corrected chi connectivity index (χ1v) is 9.22. The molecule has 0 unspecified atom stereocenters. The van der Waals surface area contributed by atoms with Crippen molar-refractivity contribution >= 4 is 64.6 Å². The van der Waals surface area contributed by atoms with Crippen molar-refractivity contribution in [1.29, 1.82) is 0 Å². The van der Waals surface area contributed by atoms with Crippen molar-refractivity contribution in [1.82, 2.24) is 4.72 Å². The first-order valence-electron chi connectivity index (χ1n) is 4.45. The predicted octanol–water partition coefficient (Wildman–Crippen LogP) is 3.81. The molecule has 17 heavy (non-hydrogen) atoms. The van der Waals surface area contributed by atoms with Crippen molar-refractivity contribution in [2.45, 2.75) is 10.8 Å². The van der Waals surface area contributed by atoms with Gasteiger partial charge >= 0.3 is 0 Å².